The number of methoxy groups -OCH3 is 1. The molecule has 0 aromatic heterocycles. The summed E-state index contributed by atoms with van der Waals surface area (Å²) in [6.07, 6.45) is 1.26. The van der Waals surface area contributed by atoms with Crippen molar-refractivity contribution in [1.29, 1.82) is 0 Å². The second-order valence-electron chi connectivity index (χ2n) is 7.12. The van der Waals surface area contributed by atoms with Crippen LogP contribution in [-0.2, 0) is 21.9 Å². The van der Waals surface area contributed by atoms with E-state index < -0.39 is 6.04 Å². The maximum absolute atomic E-state index is 13.0. The first-order valence-electron chi connectivity index (χ1n) is 10.4. The Labute approximate surface area is 184 Å². The van der Waals surface area contributed by atoms with Crippen LogP contribution < -0.4 is 10.1 Å². The molecular formula is C24H32N2O3S. The molecular weight excluding hydrogens is 396 g/mol. The van der Waals surface area contributed by atoms with Crippen LogP contribution in [0.2, 0.25) is 0 Å². The zero-order valence-electron chi connectivity index (χ0n) is 18.1. The minimum atomic E-state index is -0.523. The fraction of sp³-hybridized carbons (Fsp3) is 0.417. The molecule has 30 heavy (non-hydrogen) atoms. The van der Waals surface area contributed by atoms with Gasteiger partial charge >= 0.3 is 0 Å². The maximum Gasteiger partial charge on any atom is 0.242 e. The minimum absolute atomic E-state index is 0.00877. The number of nitrogens with zero attached hydrogens (tertiary/aromatic N) is 1. The summed E-state index contributed by atoms with van der Waals surface area (Å²) in [6.45, 7) is 4.81. The molecule has 2 rings (SSSR count). The Morgan fingerprint density at radius 3 is 2.40 bits per heavy atom. The Hall–Kier alpha value is -2.47. The largest absolute Gasteiger partial charge is 0.497 e. The first-order valence-corrected chi connectivity index (χ1v) is 11.5. The number of ether oxygens (including phenoxy) is 1. The molecule has 2 aromatic rings. The van der Waals surface area contributed by atoms with E-state index in [1.165, 1.54) is 5.56 Å². The van der Waals surface area contributed by atoms with Crippen molar-refractivity contribution in [2.45, 2.75) is 45.0 Å². The van der Waals surface area contributed by atoms with Crippen LogP contribution in [0.15, 0.2) is 54.6 Å². The third-order valence-electron chi connectivity index (χ3n) is 4.80. The van der Waals surface area contributed by atoms with E-state index in [1.807, 2.05) is 49.4 Å². The third kappa shape index (κ3) is 7.75. The Morgan fingerprint density at radius 1 is 1.07 bits per heavy atom. The number of hydrogen-bond donors (Lipinski definition) is 1. The fourth-order valence-corrected chi connectivity index (χ4v) is 3.86. The van der Waals surface area contributed by atoms with Crippen molar-refractivity contribution in [3.05, 3.63) is 65.7 Å². The van der Waals surface area contributed by atoms with Crippen molar-refractivity contribution in [1.82, 2.24) is 10.2 Å². The number of thioether (sulfide) groups is 1. The highest BCUT2D eigenvalue weighted by atomic mass is 32.2. The lowest BCUT2D eigenvalue weighted by molar-refractivity contribution is -0.140. The SMILES string of the molecule is CCCNC(=O)[C@@H](C)N(Cc1ccc(OC)cc1)C(=O)CCSCc1ccccc1. The van der Waals surface area contributed by atoms with Crippen LogP contribution in [0.3, 0.4) is 0 Å². The van der Waals surface area contributed by atoms with Gasteiger partial charge in [-0.2, -0.15) is 11.8 Å². The lowest BCUT2D eigenvalue weighted by Crippen LogP contribution is -2.47. The van der Waals surface area contributed by atoms with Gasteiger partial charge in [-0.05, 0) is 36.6 Å². The minimum Gasteiger partial charge on any atom is -0.497 e. The molecule has 2 aromatic carbocycles. The van der Waals surface area contributed by atoms with Gasteiger partial charge in [0.15, 0.2) is 0 Å². The van der Waals surface area contributed by atoms with Crippen LogP contribution in [0.4, 0.5) is 0 Å². The smallest absolute Gasteiger partial charge is 0.242 e. The van der Waals surface area contributed by atoms with Crippen LogP contribution in [0.1, 0.15) is 37.8 Å². The molecule has 6 heteroatoms. The molecule has 1 N–H and O–H groups in total. The quantitative estimate of drug-likeness (QED) is 0.513. The van der Waals surface area contributed by atoms with E-state index in [2.05, 4.69) is 17.4 Å². The van der Waals surface area contributed by atoms with E-state index >= 15 is 0 Å². The second-order valence-corrected chi connectivity index (χ2v) is 8.23. The molecule has 1 atom stereocenters. The van der Waals surface area contributed by atoms with Gasteiger partial charge in [0.1, 0.15) is 11.8 Å². The average molecular weight is 429 g/mol. The normalized spacial score (nSPS) is 11.6. The summed E-state index contributed by atoms with van der Waals surface area (Å²) in [5.74, 6) is 2.23. The van der Waals surface area contributed by atoms with Crippen LogP contribution >= 0.6 is 11.8 Å². The molecule has 0 radical (unpaired) electrons. The van der Waals surface area contributed by atoms with E-state index in [1.54, 1.807) is 30.7 Å². The molecule has 0 saturated carbocycles. The molecule has 0 unspecified atom stereocenters. The summed E-state index contributed by atoms with van der Waals surface area (Å²) < 4.78 is 5.21. The predicted molar refractivity (Wildman–Crippen MR) is 124 cm³/mol. The molecule has 0 aliphatic carbocycles. The standard InChI is InChI=1S/C24H32N2O3S/c1-4-15-25-24(28)19(2)26(17-20-10-12-22(29-3)13-11-20)23(27)14-16-30-18-21-8-6-5-7-9-21/h5-13,19H,4,14-18H2,1-3H3,(H,25,28)/t19-/m1/s1. The van der Waals surface area contributed by atoms with Crippen molar-refractivity contribution < 1.29 is 14.3 Å². The van der Waals surface area contributed by atoms with Crippen molar-refractivity contribution >= 4 is 23.6 Å². The molecule has 0 bridgehead atoms. The molecule has 0 aliphatic rings. The van der Waals surface area contributed by atoms with Gasteiger partial charge < -0.3 is 15.0 Å². The average Bonchev–Trinajstić information content (AvgIpc) is 2.79. The first-order chi connectivity index (χ1) is 14.5. The number of benzene rings is 2. The predicted octanol–water partition coefficient (Wildman–Crippen LogP) is 4.26. The molecule has 2 amide bonds. The number of hydrogen-bond acceptors (Lipinski definition) is 4. The summed E-state index contributed by atoms with van der Waals surface area (Å²) in [6, 6.07) is 17.3. The topological polar surface area (TPSA) is 58.6 Å². The Balaban J connectivity index is 1.98. The number of rotatable bonds is 12. The van der Waals surface area contributed by atoms with Crippen LogP contribution in [0.5, 0.6) is 5.75 Å². The zero-order chi connectivity index (χ0) is 21.8. The zero-order valence-corrected chi connectivity index (χ0v) is 18.9. The summed E-state index contributed by atoms with van der Waals surface area (Å²) in [5, 5.41) is 2.90. The van der Waals surface area contributed by atoms with Gasteiger partial charge in [-0.15, -0.1) is 0 Å². The molecule has 162 valence electrons. The van der Waals surface area contributed by atoms with Crippen molar-refractivity contribution in [2.24, 2.45) is 0 Å². The Bertz CT molecular complexity index is 781. The van der Waals surface area contributed by atoms with Gasteiger partial charge in [-0.1, -0.05) is 49.4 Å². The molecule has 0 saturated heterocycles. The highest BCUT2D eigenvalue weighted by molar-refractivity contribution is 7.98. The van der Waals surface area contributed by atoms with Gasteiger partial charge in [-0.3, -0.25) is 9.59 Å². The van der Waals surface area contributed by atoms with Gasteiger partial charge in [0.05, 0.1) is 7.11 Å². The van der Waals surface area contributed by atoms with Crippen LogP contribution in [-0.4, -0.2) is 42.2 Å². The van der Waals surface area contributed by atoms with Crippen molar-refractivity contribution in [3.63, 3.8) is 0 Å². The van der Waals surface area contributed by atoms with Crippen LogP contribution in [0, 0.1) is 0 Å². The highest BCUT2D eigenvalue weighted by Crippen LogP contribution is 2.17. The third-order valence-corrected chi connectivity index (χ3v) is 5.83. The summed E-state index contributed by atoms with van der Waals surface area (Å²) in [4.78, 5) is 27.2. The summed E-state index contributed by atoms with van der Waals surface area (Å²) in [7, 11) is 1.62. The highest BCUT2D eigenvalue weighted by Gasteiger charge is 2.25. The summed E-state index contributed by atoms with van der Waals surface area (Å²) in [5.41, 5.74) is 2.22. The van der Waals surface area contributed by atoms with Crippen molar-refractivity contribution in [2.75, 3.05) is 19.4 Å². The molecule has 0 spiro atoms. The van der Waals surface area contributed by atoms with E-state index in [0.717, 1.165) is 29.2 Å². The number of carbonyl (C=O) groups is 2. The van der Waals surface area contributed by atoms with E-state index in [0.29, 0.717) is 19.5 Å². The monoisotopic (exact) mass is 428 g/mol. The van der Waals surface area contributed by atoms with E-state index in [4.69, 9.17) is 4.74 Å². The Morgan fingerprint density at radius 2 is 1.77 bits per heavy atom. The number of amides is 2. The van der Waals surface area contributed by atoms with Gasteiger partial charge in [0.25, 0.3) is 0 Å². The fourth-order valence-electron chi connectivity index (χ4n) is 2.97. The van der Waals surface area contributed by atoms with Crippen LogP contribution in [0.25, 0.3) is 0 Å². The number of nitrogens with one attached hydrogen (secondary N) is 1. The second kappa shape index (κ2) is 13.0. The van der Waals surface area contributed by atoms with Gasteiger partial charge in [-0.25, -0.2) is 0 Å². The summed E-state index contributed by atoms with van der Waals surface area (Å²) >= 11 is 1.73. The van der Waals surface area contributed by atoms with Gasteiger partial charge in [0, 0.05) is 31.0 Å². The molecule has 0 fully saturated rings. The lowest BCUT2D eigenvalue weighted by atomic mass is 10.1. The first kappa shape index (κ1) is 23.8. The number of carbonyl (C=O) groups excluding carboxylic acids is 2. The Kier molecular flexibility index (Phi) is 10.3. The maximum atomic E-state index is 13.0. The van der Waals surface area contributed by atoms with E-state index in [-0.39, 0.29) is 11.8 Å². The molecule has 0 heterocycles. The molecule has 0 aliphatic heterocycles. The van der Waals surface area contributed by atoms with Gasteiger partial charge in [0.2, 0.25) is 11.8 Å². The van der Waals surface area contributed by atoms with Crippen molar-refractivity contribution in [3.8, 4) is 5.75 Å². The van der Waals surface area contributed by atoms with E-state index in [9.17, 15) is 9.59 Å². The lowest BCUT2D eigenvalue weighted by Gasteiger charge is -2.29. The molecule has 5 nitrogen and oxygen atoms in total.